The van der Waals surface area contributed by atoms with Crippen molar-refractivity contribution in [3.05, 3.63) is 29.8 Å². The summed E-state index contributed by atoms with van der Waals surface area (Å²) in [4.78, 5) is 9.10. The van der Waals surface area contributed by atoms with Gasteiger partial charge in [-0.1, -0.05) is 12.1 Å². The minimum atomic E-state index is 0.499. The maximum atomic E-state index is 5.80. The maximum absolute atomic E-state index is 5.80. The van der Waals surface area contributed by atoms with Crippen LogP contribution >= 0.6 is 0 Å². The van der Waals surface area contributed by atoms with Crippen LogP contribution in [0.1, 0.15) is 38.7 Å². The number of piperidine rings is 1. The van der Waals surface area contributed by atoms with Gasteiger partial charge < -0.3 is 25.2 Å². The Kier molecular flexibility index (Phi) is 9.58. The highest BCUT2D eigenvalue weighted by molar-refractivity contribution is 5.79. The molecule has 1 aliphatic rings. The standard InChI is InChI=1S/C22H39N5O/c1-18(2)27-14-11-20(12-15-27)25-22(23-3)24-17-19-7-9-21(10-8-19)28-16-6-13-26(4)5/h7-10,18,20H,6,11-17H2,1-5H3,(H2,23,24,25). The van der Waals surface area contributed by atoms with Crippen molar-refractivity contribution in [1.82, 2.24) is 20.4 Å². The molecule has 0 aromatic heterocycles. The lowest BCUT2D eigenvalue weighted by Gasteiger charge is -2.35. The zero-order valence-corrected chi connectivity index (χ0v) is 18.4. The van der Waals surface area contributed by atoms with Crippen LogP contribution < -0.4 is 15.4 Å². The van der Waals surface area contributed by atoms with Gasteiger partial charge in [0.2, 0.25) is 0 Å². The summed E-state index contributed by atoms with van der Waals surface area (Å²) in [6, 6.07) is 9.46. The van der Waals surface area contributed by atoms with E-state index < -0.39 is 0 Å². The van der Waals surface area contributed by atoms with Crippen LogP contribution in [-0.4, -0.2) is 75.2 Å². The van der Waals surface area contributed by atoms with Crippen LogP contribution in [-0.2, 0) is 6.54 Å². The number of hydrogen-bond acceptors (Lipinski definition) is 4. The molecule has 6 nitrogen and oxygen atoms in total. The van der Waals surface area contributed by atoms with Crippen LogP contribution in [0.2, 0.25) is 0 Å². The van der Waals surface area contributed by atoms with E-state index >= 15 is 0 Å². The molecular formula is C22H39N5O. The summed E-state index contributed by atoms with van der Waals surface area (Å²) in [6.45, 7) is 9.41. The molecule has 0 radical (unpaired) electrons. The van der Waals surface area contributed by atoms with Crippen molar-refractivity contribution >= 4 is 5.96 Å². The molecule has 0 atom stereocenters. The number of benzene rings is 1. The Morgan fingerprint density at radius 1 is 1.21 bits per heavy atom. The van der Waals surface area contributed by atoms with Gasteiger partial charge in [0.15, 0.2) is 5.96 Å². The van der Waals surface area contributed by atoms with E-state index in [1.165, 1.54) is 18.4 Å². The van der Waals surface area contributed by atoms with Gasteiger partial charge >= 0.3 is 0 Å². The highest BCUT2D eigenvalue weighted by atomic mass is 16.5. The highest BCUT2D eigenvalue weighted by Crippen LogP contribution is 2.14. The average Bonchev–Trinajstić information content (AvgIpc) is 2.69. The fraction of sp³-hybridized carbons (Fsp3) is 0.682. The van der Waals surface area contributed by atoms with Crippen LogP contribution in [0.5, 0.6) is 5.75 Å². The quantitative estimate of drug-likeness (QED) is 0.386. The second kappa shape index (κ2) is 11.9. The van der Waals surface area contributed by atoms with E-state index in [4.69, 9.17) is 4.74 Å². The summed E-state index contributed by atoms with van der Waals surface area (Å²) >= 11 is 0. The third-order valence-corrected chi connectivity index (χ3v) is 5.23. The van der Waals surface area contributed by atoms with Crippen molar-refractivity contribution in [3.8, 4) is 5.75 Å². The molecule has 0 saturated carbocycles. The van der Waals surface area contributed by atoms with E-state index in [9.17, 15) is 0 Å². The van der Waals surface area contributed by atoms with Gasteiger partial charge in [-0.2, -0.15) is 0 Å². The molecule has 0 unspecified atom stereocenters. The fourth-order valence-corrected chi connectivity index (χ4v) is 3.41. The Morgan fingerprint density at radius 3 is 2.46 bits per heavy atom. The van der Waals surface area contributed by atoms with Crippen molar-refractivity contribution in [2.45, 2.75) is 51.7 Å². The first kappa shape index (κ1) is 22.5. The zero-order chi connectivity index (χ0) is 20.4. The Bertz CT molecular complexity index is 577. The van der Waals surface area contributed by atoms with E-state index in [1.54, 1.807) is 0 Å². The normalized spacial score (nSPS) is 16.6. The molecule has 28 heavy (non-hydrogen) atoms. The number of nitrogens with zero attached hydrogens (tertiary/aromatic N) is 3. The third kappa shape index (κ3) is 8.07. The fourth-order valence-electron chi connectivity index (χ4n) is 3.41. The minimum Gasteiger partial charge on any atom is -0.494 e. The molecule has 1 aromatic rings. The molecule has 6 heteroatoms. The monoisotopic (exact) mass is 389 g/mol. The van der Waals surface area contributed by atoms with E-state index in [0.29, 0.717) is 12.1 Å². The molecule has 0 amide bonds. The van der Waals surface area contributed by atoms with E-state index in [2.05, 4.69) is 65.5 Å². The SMILES string of the molecule is CN=C(NCc1ccc(OCCCN(C)C)cc1)NC1CCN(C(C)C)CC1. The molecule has 1 aromatic carbocycles. The Hall–Kier alpha value is -1.79. The van der Waals surface area contributed by atoms with Gasteiger partial charge in [0.05, 0.1) is 6.61 Å². The number of hydrogen-bond donors (Lipinski definition) is 2. The molecule has 1 fully saturated rings. The molecule has 158 valence electrons. The number of rotatable bonds is 9. The molecule has 0 spiro atoms. The van der Waals surface area contributed by atoms with Gasteiger partial charge in [-0.3, -0.25) is 4.99 Å². The van der Waals surface area contributed by atoms with E-state index in [0.717, 1.165) is 50.9 Å². The van der Waals surface area contributed by atoms with Crippen LogP contribution in [0.3, 0.4) is 0 Å². The van der Waals surface area contributed by atoms with Crippen LogP contribution in [0.4, 0.5) is 0 Å². The molecule has 1 saturated heterocycles. The molecular weight excluding hydrogens is 350 g/mol. The van der Waals surface area contributed by atoms with Crippen molar-refractivity contribution in [2.24, 2.45) is 4.99 Å². The lowest BCUT2D eigenvalue weighted by atomic mass is 10.0. The summed E-state index contributed by atoms with van der Waals surface area (Å²) in [5.41, 5.74) is 1.22. The third-order valence-electron chi connectivity index (χ3n) is 5.23. The second-order valence-electron chi connectivity index (χ2n) is 8.12. The van der Waals surface area contributed by atoms with Crippen molar-refractivity contribution in [3.63, 3.8) is 0 Å². The van der Waals surface area contributed by atoms with Crippen LogP contribution in [0, 0.1) is 0 Å². The lowest BCUT2D eigenvalue weighted by molar-refractivity contribution is 0.167. The molecule has 0 bridgehead atoms. The van der Waals surface area contributed by atoms with Crippen LogP contribution in [0.25, 0.3) is 0 Å². The summed E-state index contributed by atoms with van der Waals surface area (Å²) in [6.07, 6.45) is 3.37. The van der Waals surface area contributed by atoms with E-state index in [1.807, 2.05) is 19.2 Å². The number of nitrogens with one attached hydrogen (secondary N) is 2. The number of guanidine groups is 1. The summed E-state index contributed by atoms with van der Waals surface area (Å²) in [5, 5.41) is 7.00. The molecule has 2 rings (SSSR count). The average molecular weight is 390 g/mol. The predicted molar refractivity (Wildman–Crippen MR) is 118 cm³/mol. The van der Waals surface area contributed by atoms with Gasteiger partial charge in [-0.15, -0.1) is 0 Å². The molecule has 1 aliphatic heterocycles. The van der Waals surface area contributed by atoms with Crippen molar-refractivity contribution in [1.29, 1.82) is 0 Å². The second-order valence-corrected chi connectivity index (χ2v) is 8.12. The van der Waals surface area contributed by atoms with Gasteiger partial charge in [-0.25, -0.2) is 0 Å². The van der Waals surface area contributed by atoms with Gasteiger partial charge in [0.25, 0.3) is 0 Å². The zero-order valence-electron chi connectivity index (χ0n) is 18.4. The topological polar surface area (TPSA) is 52.1 Å². The van der Waals surface area contributed by atoms with Gasteiger partial charge in [0.1, 0.15) is 5.75 Å². The largest absolute Gasteiger partial charge is 0.494 e. The van der Waals surface area contributed by atoms with Gasteiger partial charge in [0, 0.05) is 45.3 Å². The lowest BCUT2D eigenvalue weighted by Crippen LogP contribution is -2.49. The Labute approximate surface area is 171 Å². The summed E-state index contributed by atoms with van der Waals surface area (Å²) in [7, 11) is 6.00. The van der Waals surface area contributed by atoms with E-state index in [-0.39, 0.29) is 0 Å². The molecule has 0 aliphatic carbocycles. The number of aliphatic imine (C=N–C) groups is 1. The smallest absolute Gasteiger partial charge is 0.191 e. The number of likely N-dealkylation sites (tertiary alicyclic amines) is 1. The van der Waals surface area contributed by atoms with Crippen molar-refractivity contribution < 1.29 is 4.74 Å². The first-order valence-electron chi connectivity index (χ1n) is 10.6. The minimum absolute atomic E-state index is 0.499. The number of ether oxygens (including phenoxy) is 1. The first-order valence-corrected chi connectivity index (χ1v) is 10.6. The van der Waals surface area contributed by atoms with Crippen molar-refractivity contribution in [2.75, 3.05) is 47.4 Å². The summed E-state index contributed by atoms with van der Waals surface area (Å²) < 4.78 is 5.80. The Balaban J connectivity index is 1.70. The predicted octanol–water partition coefficient (Wildman–Crippen LogP) is 2.55. The maximum Gasteiger partial charge on any atom is 0.191 e. The molecule has 2 N–H and O–H groups in total. The van der Waals surface area contributed by atoms with Crippen LogP contribution in [0.15, 0.2) is 29.3 Å². The molecule has 1 heterocycles. The van der Waals surface area contributed by atoms with Gasteiger partial charge in [-0.05, 0) is 64.9 Å². The summed E-state index contributed by atoms with van der Waals surface area (Å²) in [5.74, 6) is 1.81. The first-order chi connectivity index (χ1) is 13.5. The highest BCUT2D eigenvalue weighted by Gasteiger charge is 2.21. The Morgan fingerprint density at radius 2 is 1.89 bits per heavy atom.